The zero-order chi connectivity index (χ0) is 23.5. The number of para-hydroxylation sites is 2. The van der Waals surface area contributed by atoms with Crippen molar-refractivity contribution >= 4 is 32.6 Å². The average Bonchev–Trinajstić information content (AvgIpc) is 3.26. The third-order valence-electron chi connectivity index (χ3n) is 5.60. The van der Waals surface area contributed by atoms with Crippen LogP contribution in [0.5, 0.6) is 11.5 Å². The van der Waals surface area contributed by atoms with Crippen LogP contribution in [-0.4, -0.2) is 15.9 Å². The second-order valence-electron chi connectivity index (χ2n) is 8.02. The second kappa shape index (κ2) is 9.45. The first kappa shape index (κ1) is 21.8. The molecule has 0 atom stereocenters. The first-order valence-electron chi connectivity index (χ1n) is 11.0. The average molecular weight is 466 g/mol. The highest BCUT2D eigenvalue weighted by molar-refractivity contribution is 7.22. The molecule has 0 saturated heterocycles. The Morgan fingerprint density at radius 2 is 1.65 bits per heavy atom. The lowest BCUT2D eigenvalue weighted by molar-refractivity contribution is 0.0982. The molecule has 5 rings (SSSR count). The Labute approximate surface area is 202 Å². The molecule has 0 aliphatic carbocycles. The molecule has 5 nitrogen and oxygen atoms in total. The molecule has 168 valence electrons. The van der Waals surface area contributed by atoms with Crippen molar-refractivity contribution in [3.05, 3.63) is 114 Å². The van der Waals surface area contributed by atoms with E-state index in [0.29, 0.717) is 28.7 Å². The normalized spacial score (nSPS) is 10.9. The van der Waals surface area contributed by atoms with E-state index in [4.69, 9.17) is 9.72 Å². The molecular formula is C28H23N3O2S. The van der Waals surface area contributed by atoms with Crippen LogP contribution in [0, 0.1) is 13.8 Å². The number of nitrogens with zero attached hydrogens (tertiary/aromatic N) is 3. The van der Waals surface area contributed by atoms with Gasteiger partial charge in [0.05, 0.1) is 28.0 Å². The van der Waals surface area contributed by atoms with Crippen molar-refractivity contribution in [2.75, 3.05) is 4.90 Å². The zero-order valence-corrected chi connectivity index (χ0v) is 19.8. The van der Waals surface area contributed by atoms with Crippen molar-refractivity contribution in [3.63, 3.8) is 0 Å². The number of rotatable bonds is 6. The molecule has 0 bridgehead atoms. The molecule has 0 radical (unpaired) electrons. The molecule has 0 aliphatic heterocycles. The number of amides is 1. The number of carbonyl (C=O) groups is 1. The molecule has 34 heavy (non-hydrogen) atoms. The van der Waals surface area contributed by atoms with Crippen LogP contribution in [0.15, 0.2) is 91.1 Å². The fourth-order valence-corrected chi connectivity index (χ4v) is 4.70. The minimum Gasteiger partial charge on any atom is -0.457 e. The van der Waals surface area contributed by atoms with E-state index in [2.05, 4.69) is 31.0 Å². The summed E-state index contributed by atoms with van der Waals surface area (Å²) in [6.45, 7) is 4.46. The second-order valence-corrected chi connectivity index (χ2v) is 9.03. The molecule has 5 aromatic rings. The minimum atomic E-state index is -0.190. The highest BCUT2D eigenvalue weighted by atomic mass is 32.1. The van der Waals surface area contributed by atoms with Gasteiger partial charge in [-0.25, -0.2) is 4.98 Å². The van der Waals surface area contributed by atoms with Gasteiger partial charge in [0.2, 0.25) is 0 Å². The summed E-state index contributed by atoms with van der Waals surface area (Å²) in [6.07, 6.45) is 1.73. The van der Waals surface area contributed by atoms with Gasteiger partial charge in [0.15, 0.2) is 5.13 Å². The molecule has 0 saturated carbocycles. The van der Waals surface area contributed by atoms with E-state index in [9.17, 15) is 4.79 Å². The van der Waals surface area contributed by atoms with Gasteiger partial charge in [0.1, 0.15) is 11.5 Å². The van der Waals surface area contributed by atoms with Gasteiger partial charge in [-0.15, -0.1) is 0 Å². The largest absolute Gasteiger partial charge is 0.457 e. The number of fused-ring (bicyclic) bond motifs is 1. The summed E-state index contributed by atoms with van der Waals surface area (Å²) in [4.78, 5) is 24.9. The van der Waals surface area contributed by atoms with Crippen LogP contribution in [-0.2, 0) is 6.54 Å². The lowest BCUT2D eigenvalue weighted by Gasteiger charge is -2.21. The van der Waals surface area contributed by atoms with E-state index in [0.717, 1.165) is 15.9 Å². The number of hydrogen-bond donors (Lipinski definition) is 0. The van der Waals surface area contributed by atoms with Crippen molar-refractivity contribution < 1.29 is 9.53 Å². The van der Waals surface area contributed by atoms with Crippen LogP contribution >= 0.6 is 11.3 Å². The molecule has 0 fully saturated rings. The number of pyridine rings is 1. The lowest BCUT2D eigenvalue weighted by atomic mass is 10.1. The summed E-state index contributed by atoms with van der Waals surface area (Å²) in [5.41, 5.74) is 4.51. The number of carbonyl (C=O) groups excluding carboxylic acids is 1. The van der Waals surface area contributed by atoms with Gasteiger partial charge >= 0.3 is 0 Å². The molecule has 0 unspecified atom stereocenters. The molecule has 2 heterocycles. The fourth-order valence-electron chi connectivity index (χ4n) is 3.66. The topological polar surface area (TPSA) is 55.3 Å². The summed E-state index contributed by atoms with van der Waals surface area (Å²) >= 11 is 1.51. The van der Waals surface area contributed by atoms with E-state index in [-0.39, 0.29) is 5.91 Å². The Bertz CT molecular complexity index is 1410. The highest BCUT2D eigenvalue weighted by Crippen LogP contribution is 2.34. The number of aryl methyl sites for hydroxylation is 2. The Hall–Kier alpha value is -4.03. The van der Waals surface area contributed by atoms with Gasteiger partial charge < -0.3 is 4.74 Å². The highest BCUT2D eigenvalue weighted by Gasteiger charge is 2.25. The molecular weight excluding hydrogens is 442 g/mol. The van der Waals surface area contributed by atoms with Crippen LogP contribution in [0.3, 0.4) is 0 Å². The maximum absolute atomic E-state index is 14.0. The van der Waals surface area contributed by atoms with Crippen LogP contribution < -0.4 is 9.64 Å². The number of hydrogen-bond acceptors (Lipinski definition) is 5. The predicted octanol–water partition coefficient (Wildman–Crippen LogP) is 6.95. The Kier molecular flexibility index (Phi) is 6.06. The Morgan fingerprint density at radius 3 is 2.44 bits per heavy atom. The molecule has 0 aliphatic rings. The van der Waals surface area contributed by atoms with E-state index >= 15 is 0 Å². The quantitative estimate of drug-likeness (QED) is 0.272. The summed E-state index contributed by atoms with van der Waals surface area (Å²) in [5, 5.41) is 0.630. The first-order chi connectivity index (χ1) is 16.6. The maximum Gasteiger partial charge on any atom is 0.264 e. The minimum absolute atomic E-state index is 0.190. The zero-order valence-electron chi connectivity index (χ0n) is 18.9. The van der Waals surface area contributed by atoms with Crippen molar-refractivity contribution in [3.8, 4) is 11.5 Å². The molecule has 3 aromatic carbocycles. The van der Waals surface area contributed by atoms with Gasteiger partial charge in [-0.1, -0.05) is 47.7 Å². The van der Waals surface area contributed by atoms with Crippen molar-refractivity contribution in [2.45, 2.75) is 20.4 Å². The summed E-state index contributed by atoms with van der Waals surface area (Å²) < 4.78 is 7.12. The van der Waals surface area contributed by atoms with Crippen LogP contribution in [0.25, 0.3) is 10.2 Å². The van der Waals surface area contributed by atoms with Crippen molar-refractivity contribution in [1.82, 2.24) is 9.97 Å². The van der Waals surface area contributed by atoms with Crippen LogP contribution in [0.1, 0.15) is 27.2 Å². The predicted molar refractivity (Wildman–Crippen MR) is 137 cm³/mol. The molecule has 2 aromatic heterocycles. The Balaban J connectivity index is 1.57. The van der Waals surface area contributed by atoms with E-state index in [1.54, 1.807) is 17.2 Å². The first-order valence-corrected chi connectivity index (χ1v) is 11.8. The standard InChI is InChI=1S/C28H23N3O2S/c1-19-16-24-26(17-20(19)2)34-28(30-24)31(18-21-10-8-9-15-29-21)27(32)23-13-6-7-14-25(23)33-22-11-4-3-5-12-22/h3-17H,18H2,1-2H3. The van der Waals surface area contributed by atoms with Gasteiger partial charge in [-0.3, -0.25) is 14.7 Å². The van der Waals surface area contributed by atoms with Crippen LogP contribution in [0.2, 0.25) is 0 Å². The number of ether oxygens (including phenoxy) is 1. The number of thiazole rings is 1. The fraction of sp³-hybridized carbons (Fsp3) is 0.107. The molecule has 1 amide bonds. The number of aromatic nitrogens is 2. The molecule has 0 N–H and O–H groups in total. The van der Waals surface area contributed by atoms with Gasteiger partial charge in [0, 0.05) is 6.20 Å². The smallest absolute Gasteiger partial charge is 0.264 e. The van der Waals surface area contributed by atoms with E-state index < -0.39 is 0 Å². The van der Waals surface area contributed by atoms with E-state index in [1.165, 1.54) is 22.5 Å². The van der Waals surface area contributed by atoms with Crippen molar-refractivity contribution in [2.24, 2.45) is 0 Å². The lowest BCUT2D eigenvalue weighted by Crippen LogP contribution is -2.31. The van der Waals surface area contributed by atoms with Gasteiger partial charge in [0.25, 0.3) is 5.91 Å². The SMILES string of the molecule is Cc1cc2nc(N(Cc3ccccn3)C(=O)c3ccccc3Oc3ccccc3)sc2cc1C. The van der Waals surface area contributed by atoms with Gasteiger partial charge in [-0.05, 0) is 73.5 Å². The molecule has 0 spiro atoms. The monoisotopic (exact) mass is 465 g/mol. The molecule has 6 heteroatoms. The third-order valence-corrected chi connectivity index (χ3v) is 6.64. The van der Waals surface area contributed by atoms with Crippen LogP contribution in [0.4, 0.5) is 5.13 Å². The number of anilines is 1. The summed E-state index contributed by atoms with van der Waals surface area (Å²) in [5.74, 6) is 0.979. The number of benzene rings is 3. The van der Waals surface area contributed by atoms with Gasteiger partial charge in [-0.2, -0.15) is 0 Å². The third kappa shape index (κ3) is 4.54. The maximum atomic E-state index is 14.0. The van der Waals surface area contributed by atoms with Crippen molar-refractivity contribution in [1.29, 1.82) is 0 Å². The summed E-state index contributed by atoms with van der Waals surface area (Å²) in [7, 11) is 0. The summed E-state index contributed by atoms with van der Waals surface area (Å²) in [6, 6.07) is 26.6. The Morgan fingerprint density at radius 1 is 0.912 bits per heavy atom. The van der Waals surface area contributed by atoms with E-state index in [1.807, 2.05) is 66.7 Å².